The molecule has 5 aliphatic carbocycles. The van der Waals surface area contributed by atoms with Crippen molar-refractivity contribution in [2.24, 2.45) is 34.5 Å². The molecule has 0 aromatic heterocycles. The third kappa shape index (κ3) is 4.24. The molecule has 7 rings (SSSR count). The molecule has 2 N–H and O–H groups in total. The molecule has 272 valence electrons. The first-order valence-corrected chi connectivity index (χ1v) is 17.3. The van der Waals surface area contributed by atoms with E-state index in [9.17, 15) is 19.8 Å². The Balaban J connectivity index is 1.46. The Morgan fingerprint density at radius 1 is 0.959 bits per heavy atom. The number of carbonyl (C=O) groups excluding carboxylic acids is 2. The van der Waals surface area contributed by atoms with Gasteiger partial charge in [0.2, 0.25) is 0 Å². The summed E-state index contributed by atoms with van der Waals surface area (Å²) in [5, 5.41) is 24.9. The molecule has 6 fully saturated rings. The Morgan fingerprint density at radius 3 is 2.27 bits per heavy atom. The summed E-state index contributed by atoms with van der Waals surface area (Å²) >= 11 is 0. The molecule has 1 saturated heterocycles. The third-order valence-corrected chi connectivity index (χ3v) is 13.7. The van der Waals surface area contributed by atoms with Gasteiger partial charge in [-0.05, 0) is 37.1 Å². The van der Waals surface area contributed by atoms with Gasteiger partial charge in [0.25, 0.3) is 0 Å². The van der Waals surface area contributed by atoms with E-state index in [2.05, 4.69) is 11.8 Å². The molecular formula is C36H51NO12. The van der Waals surface area contributed by atoms with Gasteiger partial charge in [0.15, 0.2) is 11.5 Å². The van der Waals surface area contributed by atoms with Crippen LogP contribution < -0.4 is 9.47 Å². The maximum atomic E-state index is 14.1. The summed E-state index contributed by atoms with van der Waals surface area (Å²) in [6, 6.07) is 4.56. The third-order valence-electron chi connectivity index (χ3n) is 13.7. The minimum absolute atomic E-state index is 0.185. The molecule has 49 heavy (non-hydrogen) atoms. The second kappa shape index (κ2) is 12.0. The van der Waals surface area contributed by atoms with E-state index >= 15 is 0 Å². The lowest BCUT2D eigenvalue weighted by Crippen LogP contribution is -2.79. The maximum Gasteiger partial charge on any atom is 0.338 e. The molecule has 0 unspecified atom stereocenters. The Kier molecular flexibility index (Phi) is 8.57. The highest BCUT2D eigenvalue weighted by Crippen LogP contribution is 2.80. The molecule has 0 radical (unpaired) electrons. The predicted octanol–water partition coefficient (Wildman–Crippen LogP) is 1.69. The van der Waals surface area contributed by atoms with E-state index in [1.807, 2.05) is 0 Å². The number of hydrogen-bond acceptors (Lipinski definition) is 13. The average Bonchev–Trinajstić information content (AvgIpc) is 3.46. The van der Waals surface area contributed by atoms with Gasteiger partial charge in [-0.2, -0.15) is 0 Å². The van der Waals surface area contributed by atoms with Gasteiger partial charge < -0.3 is 48.1 Å². The first kappa shape index (κ1) is 34.9. The minimum Gasteiger partial charge on any atom is -0.493 e. The Bertz CT molecular complexity index is 1480. The van der Waals surface area contributed by atoms with E-state index in [1.54, 1.807) is 39.5 Å². The number of nitrogens with zero attached hydrogens (tertiary/aromatic N) is 1. The van der Waals surface area contributed by atoms with Crippen LogP contribution in [0, 0.1) is 34.5 Å². The number of ether oxygens (including phenoxy) is 8. The summed E-state index contributed by atoms with van der Waals surface area (Å²) in [6.45, 7) is 4.99. The van der Waals surface area contributed by atoms with Crippen LogP contribution in [0.15, 0.2) is 18.2 Å². The zero-order valence-electron chi connectivity index (χ0n) is 29.7. The van der Waals surface area contributed by atoms with Crippen LogP contribution in [0.4, 0.5) is 0 Å². The minimum atomic E-state index is -1.62. The van der Waals surface area contributed by atoms with E-state index < -0.39 is 76.3 Å². The fraction of sp³-hybridized carbons (Fsp3) is 0.778. The van der Waals surface area contributed by atoms with Crippen LogP contribution >= 0.6 is 0 Å². The van der Waals surface area contributed by atoms with Crippen LogP contribution in [-0.4, -0.2) is 137 Å². The number of carbonyl (C=O) groups is 2. The Labute approximate surface area is 287 Å². The summed E-state index contributed by atoms with van der Waals surface area (Å²) in [7, 11) is 9.53. The predicted molar refractivity (Wildman–Crippen MR) is 172 cm³/mol. The SMILES string of the molecule is CCN1C[C@@]2(COC)[C@H](O)C[C@@H](OC)[C@@]34[C@@H]5C[C@@]6(O)[C@@H](OC)C[C@](OC(C)=O)([C@H]5[C@H]6OC(=O)c5ccc(OC)c(OC)c5)[C@@H]([C@@H](OC)[C@H]23)[C@@H]14. The standard InChI is InChI=1S/C36H51NO12/c1-9-37-16-33(17-42-3)23(39)13-24(45-6)36-20-14-34(41)25(46-7)15-35(49-18(2)38,27(30(36)37)28(47-8)29(33)36)26(20)31(34)48-32(40)19-10-11-21(43-4)22(12-19)44-5/h10-12,20,23-31,39,41H,9,13-17H2,1-8H3/t20-,23-,24-,25+,26-,27+,28-,29-,30-,31-,33-,34-,35+,36+/m1/s1. The molecule has 6 aliphatic rings. The molecule has 1 heterocycles. The summed E-state index contributed by atoms with van der Waals surface area (Å²) in [6.07, 6.45) is -2.89. The van der Waals surface area contributed by atoms with Crippen LogP contribution in [0.2, 0.25) is 0 Å². The summed E-state index contributed by atoms with van der Waals surface area (Å²) < 4.78 is 48.9. The second-order valence-corrected chi connectivity index (χ2v) is 15.1. The van der Waals surface area contributed by atoms with E-state index in [1.165, 1.54) is 28.3 Å². The first-order valence-electron chi connectivity index (χ1n) is 17.3. The van der Waals surface area contributed by atoms with Crippen molar-refractivity contribution < 1.29 is 57.7 Å². The number of piperidine rings is 1. The highest BCUT2D eigenvalue weighted by molar-refractivity contribution is 5.90. The van der Waals surface area contributed by atoms with Crippen molar-refractivity contribution >= 4 is 11.9 Å². The van der Waals surface area contributed by atoms with Crippen molar-refractivity contribution in [2.75, 3.05) is 62.4 Å². The fourth-order valence-corrected chi connectivity index (χ4v) is 12.6. The lowest BCUT2D eigenvalue weighted by Gasteiger charge is -2.70. The molecule has 5 saturated carbocycles. The highest BCUT2D eigenvalue weighted by Gasteiger charge is 2.90. The lowest BCUT2D eigenvalue weighted by molar-refractivity contribution is -0.300. The fourth-order valence-electron chi connectivity index (χ4n) is 12.6. The van der Waals surface area contributed by atoms with Gasteiger partial charge in [-0.15, -0.1) is 0 Å². The molecule has 1 aromatic rings. The van der Waals surface area contributed by atoms with E-state index in [4.69, 9.17) is 37.9 Å². The zero-order valence-corrected chi connectivity index (χ0v) is 29.7. The van der Waals surface area contributed by atoms with Crippen LogP contribution in [0.1, 0.15) is 43.5 Å². The van der Waals surface area contributed by atoms with Crippen molar-refractivity contribution in [3.05, 3.63) is 23.8 Å². The first-order chi connectivity index (χ1) is 23.4. The second-order valence-electron chi connectivity index (χ2n) is 15.1. The number of rotatable bonds is 11. The number of hydrogen-bond donors (Lipinski definition) is 2. The number of aliphatic hydroxyl groups is 2. The Hall–Kier alpha value is -2.52. The van der Waals surface area contributed by atoms with Crippen molar-refractivity contribution in [1.29, 1.82) is 0 Å². The Morgan fingerprint density at radius 2 is 1.67 bits per heavy atom. The van der Waals surface area contributed by atoms with Gasteiger partial charge in [-0.1, -0.05) is 6.92 Å². The highest BCUT2D eigenvalue weighted by atomic mass is 16.6. The zero-order chi connectivity index (χ0) is 35.3. The van der Waals surface area contributed by atoms with Crippen molar-refractivity contribution in [3.8, 4) is 11.5 Å². The van der Waals surface area contributed by atoms with Crippen LogP contribution in [0.25, 0.3) is 0 Å². The number of fused-ring (bicyclic) bond motifs is 2. The largest absolute Gasteiger partial charge is 0.493 e. The van der Waals surface area contributed by atoms with Gasteiger partial charge in [-0.25, -0.2) is 4.79 Å². The number of benzene rings is 1. The molecular weight excluding hydrogens is 638 g/mol. The topological polar surface area (TPSA) is 152 Å². The normalized spacial score (nSPS) is 45.9. The van der Waals surface area contributed by atoms with Crippen LogP contribution in [0.5, 0.6) is 11.5 Å². The summed E-state index contributed by atoms with van der Waals surface area (Å²) in [5.74, 6) is -2.07. The van der Waals surface area contributed by atoms with Crippen LogP contribution in [-0.2, 0) is 33.2 Å². The molecule has 1 aromatic carbocycles. The average molecular weight is 690 g/mol. The number of aliphatic hydroxyl groups excluding tert-OH is 1. The maximum absolute atomic E-state index is 14.1. The van der Waals surface area contributed by atoms with Gasteiger partial charge in [0.05, 0.1) is 50.8 Å². The van der Waals surface area contributed by atoms with Crippen molar-refractivity contribution in [2.45, 2.75) is 80.9 Å². The van der Waals surface area contributed by atoms with E-state index in [0.29, 0.717) is 31.0 Å². The van der Waals surface area contributed by atoms with Crippen molar-refractivity contribution in [3.63, 3.8) is 0 Å². The smallest absolute Gasteiger partial charge is 0.338 e. The molecule has 14 atom stereocenters. The molecule has 13 heteroatoms. The quantitative estimate of drug-likeness (QED) is 0.325. The summed E-state index contributed by atoms with van der Waals surface area (Å²) in [4.78, 5) is 29.8. The van der Waals surface area contributed by atoms with Crippen LogP contribution in [0.3, 0.4) is 0 Å². The molecule has 7 bridgehead atoms. The lowest BCUT2D eigenvalue weighted by atomic mass is 9.42. The number of methoxy groups -OCH3 is 6. The summed E-state index contributed by atoms with van der Waals surface area (Å²) in [5.41, 5.74) is -4.09. The molecule has 13 nitrogen and oxygen atoms in total. The number of likely N-dealkylation sites (tertiary alicyclic amines) is 1. The van der Waals surface area contributed by atoms with Crippen molar-refractivity contribution in [1.82, 2.24) is 4.90 Å². The molecule has 1 spiro atoms. The van der Waals surface area contributed by atoms with E-state index in [-0.39, 0.29) is 42.9 Å². The monoisotopic (exact) mass is 689 g/mol. The van der Waals surface area contributed by atoms with Gasteiger partial charge in [-0.3, -0.25) is 9.69 Å². The van der Waals surface area contributed by atoms with Gasteiger partial charge in [0, 0.05) is 89.4 Å². The molecule has 1 aliphatic heterocycles. The van der Waals surface area contributed by atoms with Gasteiger partial charge >= 0.3 is 11.9 Å². The van der Waals surface area contributed by atoms with E-state index in [0.717, 1.165) is 0 Å². The van der Waals surface area contributed by atoms with Gasteiger partial charge in [0.1, 0.15) is 17.3 Å². The molecule has 0 amide bonds. The number of esters is 2.